The molecule has 114 valence electrons. The Bertz CT molecular complexity index is 642. The third-order valence-electron chi connectivity index (χ3n) is 3.76. The minimum atomic E-state index is -0.168. The van der Waals surface area contributed by atoms with Crippen molar-refractivity contribution in [3.63, 3.8) is 0 Å². The monoisotopic (exact) mass is 316 g/mol. The lowest BCUT2D eigenvalue weighted by Gasteiger charge is -2.33. The molecule has 1 fully saturated rings. The zero-order valence-electron chi connectivity index (χ0n) is 12.1. The van der Waals surface area contributed by atoms with E-state index in [1.165, 1.54) is 0 Å². The van der Waals surface area contributed by atoms with E-state index in [4.69, 9.17) is 11.6 Å². The summed E-state index contributed by atoms with van der Waals surface area (Å²) in [5, 5.41) is 3.55. The molecule has 2 aromatic heterocycles. The number of carbonyl (C=O) groups is 1. The van der Waals surface area contributed by atoms with Crippen LogP contribution in [0.25, 0.3) is 0 Å². The third-order valence-corrected chi connectivity index (χ3v) is 3.99. The van der Waals surface area contributed by atoms with E-state index in [-0.39, 0.29) is 11.9 Å². The van der Waals surface area contributed by atoms with Crippen LogP contribution in [0.15, 0.2) is 42.7 Å². The molecule has 3 heterocycles. The van der Waals surface area contributed by atoms with E-state index in [1.807, 2.05) is 18.2 Å². The molecule has 1 amide bonds. The first-order chi connectivity index (χ1) is 10.7. The van der Waals surface area contributed by atoms with Crippen LogP contribution in [0, 0.1) is 0 Å². The van der Waals surface area contributed by atoms with Gasteiger partial charge in [0.1, 0.15) is 11.5 Å². The zero-order valence-corrected chi connectivity index (χ0v) is 12.8. The first-order valence-electron chi connectivity index (χ1n) is 7.31. The summed E-state index contributed by atoms with van der Waals surface area (Å²) in [6, 6.07) is 9.31. The molecule has 0 aromatic carbocycles. The lowest BCUT2D eigenvalue weighted by Crippen LogP contribution is -2.45. The number of halogens is 1. The maximum Gasteiger partial charge on any atom is 0.270 e. The maximum atomic E-state index is 12.2. The number of carbonyl (C=O) groups excluding carboxylic acids is 1. The number of nitrogens with zero attached hydrogens (tertiary/aromatic N) is 3. The molecule has 5 nitrogen and oxygen atoms in total. The van der Waals surface area contributed by atoms with E-state index in [0.29, 0.717) is 10.7 Å². The van der Waals surface area contributed by atoms with Gasteiger partial charge in [-0.1, -0.05) is 17.7 Å². The molecular weight excluding hydrogens is 300 g/mol. The van der Waals surface area contributed by atoms with Gasteiger partial charge in [0.15, 0.2) is 0 Å². The van der Waals surface area contributed by atoms with E-state index in [2.05, 4.69) is 20.2 Å². The van der Waals surface area contributed by atoms with Crippen LogP contribution in [0.2, 0.25) is 5.02 Å². The van der Waals surface area contributed by atoms with E-state index in [0.717, 1.165) is 31.7 Å². The number of hydrogen-bond acceptors (Lipinski definition) is 4. The van der Waals surface area contributed by atoms with Gasteiger partial charge in [0.25, 0.3) is 5.91 Å². The van der Waals surface area contributed by atoms with Crippen molar-refractivity contribution < 1.29 is 4.79 Å². The highest BCUT2D eigenvalue weighted by Crippen LogP contribution is 2.17. The Morgan fingerprint density at radius 1 is 1.18 bits per heavy atom. The second-order valence-electron chi connectivity index (χ2n) is 5.28. The summed E-state index contributed by atoms with van der Waals surface area (Å²) < 4.78 is 0. The van der Waals surface area contributed by atoms with Gasteiger partial charge in [0, 0.05) is 36.5 Å². The fourth-order valence-electron chi connectivity index (χ4n) is 2.58. The van der Waals surface area contributed by atoms with Gasteiger partial charge in [0.05, 0.1) is 0 Å². The first-order valence-corrected chi connectivity index (χ1v) is 7.68. The molecule has 0 unspecified atom stereocenters. The topological polar surface area (TPSA) is 58.1 Å². The van der Waals surface area contributed by atoms with Crippen molar-refractivity contribution in [2.75, 3.05) is 18.0 Å². The van der Waals surface area contributed by atoms with Gasteiger partial charge in [-0.25, -0.2) is 4.98 Å². The molecule has 3 rings (SSSR count). The van der Waals surface area contributed by atoms with Crippen LogP contribution in [0.5, 0.6) is 0 Å². The highest BCUT2D eigenvalue weighted by Gasteiger charge is 2.22. The molecule has 1 aliphatic heterocycles. The predicted octanol–water partition coefficient (Wildman–Crippen LogP) is 2.53. The third kappa shape index (κ3) is 3.54. The maximum absolute atomic E-state index is 12.2. The van der Waals surface area contributed by atoms with Crippen molar-refractivity contribution in [3.05, 3.63) is 53.4 Å². The summed E-state index contributed by atoms with van der Waals surface area (Å²) in [6.45, 7) is 1.76. The largest absolute Gasteiger partial charge is 0.356 e. The second kappa shape index (κ2) is 6.75. The average molecular weight is 317 g/mol. The molecule has 1 saturated heterocycles. The molecular formula is C16H17ClN4O. The molecule has 0 radical (unpaired) electrons. The summed E-state index contributed by atoms with van der Waals surface area (Å²) in [7, 11) is 0. The smallest absolute Gasteiger partial charge is 0.270 e. The number of piperidine rings is 1. The van der Waals surface area contributed by atoms with Crippen LogP contribution in [-0.4, -0.2) is 35.0 Å². The molecule has 0 spiro atoms. The quantitative estimate of drug-likeness (QED) is 0.945. The first kappa shape index (κ1) is 14.8. The van der Waals surface area contributed by atoms with Crippen LogP contribution in [0.1, 0.15) is 23.3 Å². The van der Waals surface area contributed by atoms with Crippen LogP contribution >= 0.6 is 11.6 Å². The fourth-order valence-corrected chi connectivity index (χ4v) is 2.74. The number of aromatic nitrogens is 2. The predicted molar refractivity (Wildman–Crippen MR) is 86.2 cm³/mol. The molecule has 0 saturated carbocycles. The summed E-state index contributed by atoms with van der Waals surface area (Å²) in [4.78, 5) is 22.8. The van der Waals surface area contributed by atoms with Gasteiger partial charge < -0.3 is 10.2 Å². The summed E-state index contributed by atoms with van der Waals surface area (Å²) in [6.07, 6.45) is 5.13. The van der Waals surface area contributed by atoms with Gasteiger partial charge in [-0.3, -0.25) is 9.78 Å². The summed E-state index contributed by atoms with van der Waals surface area (Å²) >= 11 is 5.89. The normalized spacial score (nSPS) is 15.6. The Kier molecular flexibility index (Phi) is 4.53. The van der Waals surface area contributed by atoms with Crippen LogP contribution in [-0.2, 0) is 0 Å². The second-order valence-corrected chi connectivity index (χ2v) is 5.72. The van der Waals surface area contributed by atoms with E-state index >= 15 is 0 Å². The lowest BCUT2D eigenvalue weighted by atomic mass is 10.0. The van der Waals surface area contributed by atoms with Gasteiger partial charge in [-0.2, -0.15) is 0 Å². The van der Waals surface area contributed by atoms with Gasteiger partial charge >= 0.3 is 0 Å². The van der Waals surface area contributed by atoms with Gasteiger partial charge in [0.2, 0.25) is 0 Å². The van der Waals surface area contributed by atoms with Gasteiger partial charge in [-0.15, -0.1) is 0 Å². The van der Waals surface area contributed by atoms with Crippen molar-refractivity contribution in [3.8, 4) is 0 Å². The number of hydrogen-bond donors (Lipinski definition) is 1. The Labute approximate surface area is 134 Å². The number of anilines is 1. The minimum Gasteiger partial charge on any atom is -0.356 e. The molecule has 22 heavy (non-hydrogen) atoms. The molecule has 0 aliphatic carbocycles. The van der Waals surface area contributed by atoms with Crippen molar-refractivity contribution in [2.24, 2.45) is 0 Å². The summed E-state index contributed by atoms with van der Waals surface area (Å²) in [5.41, 5.74) is 0.361. The molecule has 2 aromatic rings. The average Bonchev–Trinajstić information content (AvgIpc) is 2.56. The fraction of sp³-hybridized carbons (Fsp3) is 0.312. The molecule has 1 aliphatic rings. The van der Waals surface area contributed by atoms with E-state index in [1.54, 1.807) is 24.5 Å². The lowest BCUT2D eigenvalue weighted by molar-refractivity contribution is 0.0926. The highest BCUT2D eigenvalue weighted by atomic mass is 35.5. The minimum absolute atomic E-state index is 0.160. The molecule has 0 bridgehead atoms. The van der Waals surface area contributed by atoms with Crippen LogP contribution < -0.4 is 10.2 Å². The molecule has 0 atom stereocenters. The van der Waals surface area contributed by atoms with Crippen LogP contribution in [0.4, 0.5) is 5.82 Å². The Hall–Kier alpha value is -2.14. The number of nitrogens with one attached hydrogen (secondary N) is 1. The van der Waals surface area contributed by atoms with Crippen molar-refractivity contribution in [1.82, 2.24) is 15.3 Å². The Morgan fingerprint density at radius 2 is 2.00 bits per heavy atom. The highest BCUT2D eigenvalue weighted by molar-refractivity contribution is 6.30. The van der Waals surface area contributed by atoms with Crippen molar-refractivity contribution in [1.29, 1.82) is 0 Å². The number of amides is 1. The summed E-state index contributed by atoms with van der Waals surface area (Å²) in [5.74, 6) is 0.822. The SMILES string of the molecule is O=C(NC1CCN(c2ccccn2)CC1)c1cc(Cl)ccn1. The van der Waals surface area contributed by atoms with Crippen molar-refractivity contribution >= 4 is 23.3 Å². The molecule has 1 N–H and O–H groups in total. The number of rotatable bonds is 3. The zero-order chi connectivity index (χ0) is 15.4. The van der Waals surface area contributed by atoms with Crippen LogP contribution in [0.3, 0.4) is 0 Å². The molecule has 6 heteroatoms. The standard InChI is InChI=1S/C16H17ClN4O/c17-12-4-8-18-14(11-12)16(22)20-13-5-9-21(10-6-13)15-3-1-2-7-19-15/h1-4,7-8,11,13H,5-6,9-10H2,(H,20,22). The van der Waals surface area contributed by atoms with E-state index < -0.39 is 0 Å². The van der Waals surface area contributed by atoms with E-state index in [9.17, 15) is 4.79 Å². The Balaban J connectivity index is 1.55. The number of pyridine rings is 2. The van der Waals surface area contributed by atoms with Crippen molar-refractivity contribution in [2.45, 2.75) is 18.9 Å². The Morgan fingerprint density at radius 3 is 2.68 bits per heavy atom. The van der Waals surface area contributed by atoms with Gasteiger partial charge in [-0.05, 0) is 37.1 Å².